The highest BCUT2D eigenvalue weighted by molar-refractivity contribution is 6.00. The Kier molecular flexibility index (Phi) is 7.26. The van der Waals surface area contributed by atoms with E-state index in [1.807, 2.05) is 61.5 Å². The standard InChI is InChI=1S/C36H33N3O2/c1-24(27-16-15-26-9-2-3-10-28(26)21-27)38-36(41)31-17-18-34-30(22-31)12-7-19-39(34)23-25-8-6-11-29(20-25)32-13-4-5-14-33(32)35(37)40/h2-6,8-11,13-18,20-22,24H,7,12,19,23H2,1H3,(H2,37,40)(H,38,41)/t24-/m0/s1. The van der Waals surface area contributed by atoms with Gasteiger partial charge in [-0.15, -0.1) is 0 Å². The lowest BCUT2D eigenvalue weighted by Gasteiger charge is -2.32. The zero-order valence-corrected chi connectivity index (χ0v) is 23.1. The highest BCUT2D eigenvalue weighted by Gasteiger charge is 2.20. The largest absolute Gasteiger partial charge is 0.367 e. The Balaban J connectivity index is 1.18. The molecule has 1 atom stereocenters. The van der Waals surface area contributed by atoms with Crippen LogP contribution in [0.5, 0.6) is 0 Å². The fourth-order valence-electron chi connectivity index (χ4n) is 5.83. The van der Waals surface area contributed by atoms with Crippen molar-refractivity contribution >= 4 is 28.3 Å². The number of benzene rings is 5. The van der Waals surface area contributed by atoms with Crippen LogP contribution >= 0.6 is 0 Å². The number of nitrogens with one attached hydrogen (secondary N) is 1. The van der Waals surface area contributed by atoms with Gasteiger partial charge in [0.1, 0.15) is 0 Å². The zero-order valence-electron chi connectivity index (χ0n) is 23.1. The highest BCUT2D eigenvalue weighted by atomic mass is 16.2. The van der Waals surface area contributed by atoms with Crippen LogP contribution in [0.25, 0.3) is 21.9 Å². The van der Waals surface area contributed by atoms with Crippen molar-refractivity contribution in [1.29, 1.82) is 0 Å². The summed E-state index contributed by atoms with van der Waals surface area (Å²) in [6, 6.07) is 36.3. The fraction of sp³-hybridized carbons (Fsp3) is 0.167. The van der Waals surface area contributed by atoms with Crippen LogP contribution in [-0.4, -0.2) is 18.4 Å². The summed E-state index contributed by atoms with van der Waals surface area (Å²) >= 11 is 0. The van der Waals surface area contributed by atoms with Crippen molar-refractivity contribution in [2.75, 3.05) is 11.4 Å². The Hall–Kier alpha value is -4.90. The molecule has 5 heteroatoms. The molecule has 0 radical (unpaired) electrons. The van der Waals surface area contributed by atoms with Crippen LogP contribution in [0.4, 0.5) is 5.69 Å². The molecule has 0 aromatic heterocycles. The molecule has 0 aliphatic carbocycles. The first-order valence-corrected chi connectivity index (χ1v) is 14.1. The van der Waals surface area contributed by atoms with E-state index in [2.05, 4.69) is 58.7 Å². The van der Waals surface area contributed by atoms with Crippen molar-refractivity contribution in [1.82, 2.24) is 5.32 Å². The van der Waals surface area contributed by atoms with Gasteiger partial charge < -0.3 is 16.0 Å². The molecule has 0 bridgehead atoms. The number of aryl methyl sites for hydroxylation is 1. The second-order valence-electron chi connectivity index (χ2n) is 10.8. The Bertz CT molecular complexity index is 1760. The van der Waals surface area contributed by atoms with Crippen LogP contribution < -0.4 is 16.0 Å². The first kappa shape index (κ1) is 26.3. The molecule has 6 rings (SSSR count). The number of carbonyl (C=O) groups excluding carboxylic acids is 2. The average Bonchev–Trinajstić information content (AvgIpc) is 3.00. The van der Waals surface area contributed by atoms with Gasteiger partial charge in [-0.3, -0.25) is 9.59 Å². The predicted octanol–water partition coefficient (Wildman–Crippen LogP) is 7.05. The van der Waals surface area contributed by atoms with Crippen LogP contribution in [0.2, 0.25) is 0 Å². The van der Waals surface area contributed by atoms with Crippen molar-refractivity contribution in [3.63, 3.8) is 0 Å². The number of fused-ring (bicyclic) bond motifs is 2. The molecule has 1 aliphatic rings. The normalized spacial score (nSPS) is 13.4. The van der Waals surface area contributed by atoms with Gasteiger partial charge in [0.05, 0.1) is 6.04 Å². The van der Waals surface area contributed by atoms with Gasteiger partial charge >= 0.3 is 0 Å². The minimum atomic E-state index is -0.428. The lowest BCUT2D eigenvalue weighted by molar-refractivity contribution is 0.0938. The molecule has 0 fully saturated rings. The van der Waals surface area contributed by atoms with Crippen LogP contribution in [-0.2, 0) is 13.0 Å². The number of nitrogens with two attached hydrogens (primary N) is 1. The number of primary amides is 1. The number of rotatable bonds is 7. The third-order valence-electron chi connectivity index (χ3n) is 7.98. The third-order valence-corrected chi connectivity index (χ3v) is 7.98. The van der Waals surface area contributed by atoms with Crippen molar-refractivity contribution in [3.8, 4) is 11.1 Å². The van der Waals surface area contributed by atoms with Gasteiger partial charge in [0.2, 0.25) is 5.91 Å². The summed E-state index contributed by atoms with van der Waals surface area (Å²) in [5.74, 6) is -0.492. The number of amides is 2. The van der Waals surface area contributed by atoms with E-state index in [1.165, 1.54) is 22.0 Å². The van der Waals surface area contributed by atoms with Crippen LogP contribution in [0.15, 0.2) is 109 Å². The molecule has 1 aliphatic heterocycles. The number of nitrogens with zero attached hydrogens (tertiary/aromatic N) is 1. The molecule has 204 valence electrons. The second kappa shape index (κ2) is 11.3. The summed E-state index contributed by atoms with van der Waals surface area (Å²) in [4.78, 5) is 27.6. The van der Waals surface area contributed by atoms with E-state index in [-0.39, 0.29) is 11.9 Å². The van der Waals surface area contributed by atoms with Gasteiger partial charge in [0.15, 0.2) is 0 Å². The number of carbonyl (C=O) groups is 2. The maximum atomic E-state index is 13.2. The van der Waals surface area contributed by atoms with E-state index in [1.54, 1.807) is 6.07 Å². The van der Waals surface area contributed by atoms with Gasteiger partial charge in [0.25, 0.3) is 5.91 Å². The first-order valence-electron chi connectivity index (χ1n) is 14.1. The number of anilines is 1. The average molecular weight is 540 g/mol. The Morgan fingerprint density at radius 2 is 1.66 bits per heavy atom. The summed E-state index contributed by atoms with van der Waals surface area (Å²) in [7, 11) is 0. The predicted molar refractivity (Wildman–Crippen MR) is 166 cm³/mol. The summed E-state index contributed by atoms with van der Waals surface area (Å²) in [6.45, 7) is 3.71. The van der Waals surface area contributed by atoms with Crippen molar-refractivity contribution in [2.45, 2.75) is 32.4 Å². The maximum absolute atomic E-state index is 13.2. The minimum absolute atomic E-state index is 0.0635. The molecular formula is C36H33N3O2. The van der Waals surface area contributed by atoms with Gasteiger partial charge in [-0.1, -0.05) is 72.8 Å². The molecular weight excluding hydrogens is 506 g/mol. The van der Waals surface area contributed by atoms with Crippen molar-refractivity contribution in [3.05, 3.63) is 137 Å². The summed E-state index contributed by atoms with van der Waals surface area (Å²) in [5, 5.41) is 5.54. The van der Waals surface area contributed by atoms with E-state index < -0.39 is 5.91 Å². The smallest absolute Gasteiger partial charge is 0.251 e. The first-order chi connectivity index (χ1) is 20.0. The van der Waals surface area contributed by atoms with Gasteiger partial charge in [0, 0.05) is 29.9 Å². The number of hydrogen-bond donors (Lipinski definition) is 2. The van der Waals surface area contributed by atoms with E-state index >= 15 is 0 Å². The highest BCUT2D eigenvalue weighted by Crippen LogP contribution is 2.31. The molecule has 0 unspecified atom stereocenters. The van der Waals surface area contributed by atoms with Crippen LogP contribution in [0.3, 0.4) is 0 Å². The second-order valence-corrected chi connectivity index (χ2v) is 10.8. The molecule has 5 aromatic rings. The van der Waals surface area contributed by atoms with Crippen LogP contribution in [0.1, 0.15) is 56.8 Å². The Morgan fingerprint density at radius 3 is 2.51 bits per heavy atom. The molecule has 3 N–H and O–H groups in total. The fourth-order valence-corrected chi connectivity index (χ4v) is 5.83. The molecule has 1 heterocycles. The van der Waals surface area contributed by atoms with Gasteiger partial charge in [-0.05, 0) is 94.8 Å². The lowest BCUT2D eigenvalue weighted by Crippen LogP contribution is -2.30. The van der Waals surface area contributed by atoms with Crippen molar-refractivity contribution in [2.24, 2.45) is 5.73 Å². The Morgan fingerprint density at radius 1 is 0.854 bits per heavy atom. The maximum Gasteiger partial charge on any atom is 0.251 e. The third kappa shape index (κ3) is 5.57. The summed E-state index contributed by atoms with van der Waals surface area (Å²) in [5.41, 5.74) is 13.2. The minimum Gasteiger partial charge on any atom is -0.367 e. The summed E-state index contributed by atoms with van der Waals surface area (Å²) < 4.78 is 0. The molecule has 5 nitrogen and oxygen atoms in total. The quantitative estimate of drug-likeness (QED) is 0.233. The SMILES string of the molecule is C[C@H](NC(=O)c1ccc2c(c1)CCCN2Cc1cccc(-c2ccccc2C(N)=O)c1)c1ccc2ccccc2c1. The zero-order chi connectivity index (χ0) is 28.3. The monoisotopic (exact) mass is 539 g/mol. The van der Waals surface area contributed by atoms with Crippen molar-refractivity contribution < 1.29 is 9.59 Å². The van der Waals surface area contributed by atoms with E-state index in [0.29, 0.717) is 11.1 Å². The van der Waals surface area contributed by atoms with E-state index in [4.69, 9.17) is 5.73 Å². The molecule has 5 aromatic carbocycles. The van der Waals surface area contributed by atoms with Gasteiger partial charge in [-0.2, -0.15) is 0 Å². The molecule has 2 amide bonds. The molecule has 0 saturated carbocycles. The van der Waals surface area contributed by atoms with Gasteiger partial charge in [-0.25, -0.2) is 0 Å². The molecule has 0 saturated heterocycles. The lowest BCUT2D eigenvalue weighted by atomic mass is 9.96. The Labute approximate surface area is 240 Å². The van der Waals surface area contributed by atoms with E-state index in [0.717, 1.165) is 48.2 Å². The molecule has 0 spiro atoms. The molecule has 41 heavy (non-hydrogen) atoms. The summed E-state index contributed by atoms with van der Waals surface area (Å²) in [6.07, 6.45) is 1.97. The topological polar surface area (TPSA) is 75.4 Å². The number of hydrogen-bond acceptors (Lipinski definition) is 3. The van der Waals surface area contributed by atoms with E-state index in [9.17, 15) is 9.59 Å². The van der Waals surface area contributed by atoms with Crippen LogP contribution in [0, 0.1) is 0 Å².